The number of nitrogens with zero attached hydrogens (tertiary/aromatic N) is 3. The van der Waals surface area contributed by atoms with Crippen LogP contribution in [0.1, 0.15) is 44.2 Å². The molecule has 2 aromatic heterocycles. The van der Waals surface area contributed by atoms with Gasteiger partial charge in [-0.25, -0.2) is 4.79 Å². The Morgan fingerprint density at radius 2 is 2.03 bits per heavy atom. The van der Waals surface area contributed by atoms with E-state index in [-0.39, 0.29) is 24.9 Å². The summed E-state index contributed by atoms with van der Waals surface area (Å²) in [6.07, 6.45) is 7.53. The molecule has 1 aliphatic carbocycles. The molecule has 3 aromatic rings. The predicted molar refractivity (Wildman–Crippen MR) is 112 cm³/mol. The maximum Gasteiger partial charge on any atom is 0.419 e. The monoisotopic (exact) mass is 413 g/mol. The first-order valence-electron chi connectivity index (χ1n) is 10.1. The fourth-order valence-corrected chi connectivity index (χ4v) is 4.24. The maximum atomic E-state index is 13.2. The number of carbonyl (C=O) groups excluding carboxylic acids is 1. The number of halogens is 1. The minimum Gasteiger partial charge on any atom is -0.408 e. The third kappa shape index (κ3) is 4.53. The van der Waals surface area contributed by atoms with Gasteiger partial charge in [-0.15, -0.1) is 0 Å². The first-order valence-corrected chi connectivity index (χ1v) is 10.5. The van der Waals surface area contributed by atoms with Gasteiger partial charge in [-0.3, -0.25) is 14.3 Å². The van der Waals surface area contributed by atoms with Crippen LogP contribution < -0.4 is 5.76 Å². The van der Waals surface area contributed by atoms with E-state index in [0.717, 1.165) is 31.4 Å². The summed E-state index contributed by atoms with van der Waals surface area (Å²) in [6, 6.07) is 11.1. The smallest absolute Gasteiger partial charge is 0.408 e. The highest BCUT2D eigenvalue weighted by Gasteiger charge is 2.26. The summed E-state index contributed by atoms with van der Waals surface area (Å²) in [4.78, 5) is 31.8. The Morgan fingerprint density at radius 3 is 2.79 bits per heavy atom. The summed E-state index contributed by atoms with van der Waals surface area (Å²) < 4.78 is 6.78. The topological polar surface area (TPSA) is 68.3 Å². The largest absolute Gasteiger partial charge is 0.419 e. The van der Waals surface area contributed by atoms with E-state index in [1.807, 2.05) is 23.1 Å². The molecule has 0 atom stereocenters. The molecule has 0 bridgehead atoms. The molecule has 0 spiro atoms. The molecule has 7 heteroatoms. The van der Waals surface area contributed by atoms with Gasteiger partial charge in [-0.05, 0) is 37.1 Å². The standard InChI is InChI=1S/C22H24ClN3O3/c23-16-9-10-19-20(14-16)29-22(28)25(19)13-11-21(27)26(18-7-2-1-3-8-18)15-17-6-4-5-12-24-17/h4-6,9-10,12,14,18H,1-3,7-8,11,13,15H2. The normalized spacial score (nSPS) is 14.9. The molecule has 1 fully saturated rings. The maximum absolute atomic E-state index is 13.2. The SMILES string of the molecule is O=C(CCn1c(=O)oc2cc(Cl)ccc21)N(Cc1ccccn1)C1CCCCC1. The number of rotatable bonds is 6. The quantitative estimate of drug-likeness (QED) is 0.600. The number of benzene rings is 1. The molecule has 1 aliphatic rings. The van der Waals surface area contributed by atoms with E-state index in [4.69, 9.17) is 16.0 Å². The molecular weight excluding hydrogens is 390 g/mol. The highest BCUT2D eigenvalue weighted by Crippen LogP contribution is 2.25. The summed E-state index contributed by atoms with van der Waals surface area (Å²) in [7, 11) is 0. The van der Waals surface area contributed by atoms with Crippen molar-refractivity contribution < 1.29 is 9.21 Å². The van der Waals surface area contributed by atoms with Crippen LogP contribution in [0.15, 0.2) is 51.8 Å². The average molecular weight is 414 g/mol. The minimum absolute atomic E-state index is 0.0396. The number of fused-ring (bicyclic) bond motifs is 1. The second-order valence-electron chi connectivity index (χ2n) is 7.52. The fourth-order valence-electron chi connectivity index (χ4n) is 4.08. The summed E-state index contributed by atoms with van der Waals surface area (Å²) >= 11 is 5.97. The molecule has 0 aliphatic heterocycles. The molecule has 0 radical (unpaired) electrons. The highest BCUT2D eigenvalue weighted by molar-refractivity contribution is 6.31. The average Bonchev–Trinajstić information content (AvgIpc) is 3.05. The van der Waals surface area contributed by atoms with E-state index in [0.29, 0.717) is 22.7 Å². The van der Waals surface area contributed by atoms with E-state index in [2.05, 4.69) is 4.98 Å². The van der Waals surface area contributed by atoms with Crippen molar-refractivity contribution in [1.29, 1.82) is 0 Å². The van der Waals surface area contributed by atoms with Gasteiger partial charge in [0.15, 0.2) is 5.58 Å². The number of aromatic nitrogens is 2. The summed E-state index contributed by atoms with van der Waals surface area (Å²) in [6.45, 7) is 0.777. The molecule has 6 nitrogen and oxygen atoms in total. The number of carbonyl (C=O) groups is 1. The van der Waals surface area contributed by atoms with Crippen molar-refractivity contribution in [2.75, 3.05) is 0 Å². The van der Waals surface area contributed by atoms with Crippen LogP contribution in [0.5, 0.6) is 0 Å². The Bertz CT molecular complexity index is 1040. The second kappa shape index (κ2) is 8.82. The number of oxazole rings is 1. The van der Waals surface area contributed by atoms with Gasteiger partial charge in [0.25, 0.3) is 0 Å². The van der Waals surface area contributed by atoms with E-state index in [1.165, 1.54) is 11.0 Å². The molecule has 0 unspecified atom stereocenters. The number of hydrogen-bond acceptors (Lipinski definition) is 4. The van der Waals surface area contributed by atoms with Crippen LogP contribution in [0.2, 0.25) is 5.02 Å². The number of aryl methyl sites for hydroxylation is 1. The number of hydrogen-bond donors (Lipinski definition) is 0. The van der Waals surface area contributed by atoms with Crippen LogP contribution in [0.4, 0.5) is 0 Å². The predicted octanol–water partition coefficient (Wildman–Crippen LogP) is 4.39. The highest BCUT2D eigenvalue weighted by atomic mass is 35.5. The van der Waals surface area contributed by atoms with Crippen molar-refractivity contribution in [3.8, 4) is 0 Å². The lowest BCUT2D eigenvalue weighted by atomic mass is 9.93. The van der Waals surface area contributed by atoms with Crippen molar-refractivity contribution in [2.24, 2.45) is 0 Å². The molecule has 2 heterocycles. The molecule has 29 heavy (non-hydrogen) atoms. The van der Waals surface area contributed by atoms with Gasteiger partial charge in [-0.2, -0.15) is 0 Å². The van der Waals surface area contributed by atoms with Gasteiger partial charge in [0.05, 0.1) is 17.8 Å². The van der Waals surface area contributed by atoms with Gasteiger partial charge in [0, 0.05) is 36.3 Å². The summed E-state index contributed by atoms with van der Waals surface area (Å²) in [5.74, 6) is -0.429. The van der Waals surface area contributed by atoms with Crippen molar-refractivity contribution in [1.82, 2.24) is 14.5 Å². The lowest BCUT2D eigenvalue weighted by Crippen LogP contribution is -2.41. The van der Waals surface area contributed by atoms with Crippen molar-refractivity contribution in [3.63, 3.8) is 0 Å². The van der Waals surface area contributed by atoms with Crippen LogP contribution >= 0.6 is 11.6 Å². The Morgan fingerprint density at radius 1 is 1.21 bits per heavy atom. The lowest BCUT2D eigenvalue weighted by Gasteiger charge is -2.34. The number of amides is 1. The van der Waals surface area contributed by atoms with Crippen molar-refractivity contribution in [2.45, 2.75) is 57.7 Å². The Kier molecular flexibility index (Phi) is 6.00. The molecule has 152 valence electrons. The molecule has 4 rings (SSSR count). The van der Waals surface area contributed by atoms with E-state index < -0.39 is 5.76 Å². The molecule has 1 aromatic carbocycles. The minimum atomic E-state index is -0.469. The van der Waals surface area contributed by atoms with Gasteiger partial charge in [0.1, 0.15) is 0 Å². The number of pyridine rings is 1. The fraction of sp³-hybridized carbons (Fsp3) is 0.409. The van der Waals surface area contributed by atoms with Gasteiger partial charge >= 0.3 is 5.76 Å². The van der Waals surface area contributed by atoms with Crippen molar-refractivity contribution in [3.05, 3.63) is 63.9 Å². The first-order chi connectivity index (χ1) is 14.1. The van der Waals surface area contributed by atoms with Gasteiger partial charge in [0.2, 0.25) is 5.91 Å². The van der Waals surface area contributed by atoms with Gasteiger partial charge in [-0.1, -0.05) is 36.9 Å². The Balaban J connectivity index is 1.52. The molecule has 1 saturated carbocycles. The van der Waals surface area contributed by atoms with Crippen LogP contribution in [-0.2, 0) is 17.9 Å². The Labute approximate surface area is 174 Å². The van der Waals surface area contributed by atoms with Crippen LogP contribution in [-0.4, -0.2) is 26.4 Å². The third-order valence-electron chi connectivity index (χ3n) is 5.57. The molecular formula is C22H24ClN3O3. The molecule has 0 saturated heterocycles. The third-order valence-corrected chi connectivity index (χ3v) is 5.81. The molecule has 1 amide bonds. The van der Waals surface area contributed by atoms with Crippen LogP contribution in [0.25, 0.3) is 11.1 Å². The summed E-state index contributed by atoms with van der Waals surface area (Å²) in [5, 5.41) is 0.508. The van der Waals surface area contributed by atoms with Crippen molar-refractivity contribution >= 4 is 28.6 Å². The first kappa shape index (κ1) is 19.7. The zero-order chi connectivity index (χ0) is 20.2. The van der Waals surface area contributed by atoms with Crippen LogP contribution in [0.3, 0.4) is 0 Å². The van der Waals surface area contributed by atoms with E-state index >= 15 is 0 Å². The summed E-state index contributed by atoms with van der Waals surface area (Å²) in [5.41, 5.74) is 1.97. The second-order valence-corrected chi connectivity index (χ2v) is 7.95. The van der Waals surface area contributed by atoms with E-state index in [9.17, 15) is 9.59 Å². The lowest BCUT2D eigenvalue weighted by molar-refractivity contribution is -0.135. The van der Waals surface area contributed by atoms with E-state index in [1.54, 1.807) is 24.4 Å². The zero-order valence-corrected chi connectivity index (χ0v) is 17.0. The van der Waals surface area contributed by atoms with Crippen LogP contribution in [0, 0.1) is 0 Å². The Hall–Kier alpha value is -2.60. The zero-order valence-electron chi connectivity index (χ0n) is 16.2. The molecule has 0 N–H and O–H groups in total. The van der Waals surface area contributed by atoms with Gasteiger partial charge < -0.3 is 9.32 Å².